The van der Waals surface area contributed by atoms with Crippen molar-refractivity contribution in [1.82, 2.24) is 5.32 Å². The summed E-state index contributed by atoms with van der Waals surface area (Å²) in [5, 5.41) is 2.97. The molecule has 86 valence electrons. The summed E-state index contributed by atoms with van der Waals surface area (Å²) in [4.78, 5) is 13.5. The molecular formula is C12H14BrNOS. The number of fused-ring (bicyclic) bond motifs is 1. The Balaban J connectivity index is 2.04. The molecule has 16 heavy (non-hydrogen) atoms. The Morgan fingerprint density at radius 2 is 2.38 bits per heavy atom. The molecule has 0 saturated heterocycles. The summed E-state index contributed by atoms with van der Waals surface area (Å²) >= 11 is 5.19. The highest BCUT2D eigenvalue weighted by Gasteiger charge is 2.28. The lowest BCUT2D eigenvalue weighted by molar-refractivity contribution is -0.122. The first-order valence-electron chi connectivity index (χ1n) is 5.32. The van der Waals surface area contributed by atoms with Crippen LogP contribution in [0.15, 0.2) is 29.2 Å². The molecule has 1 N–H and O–H groups in total. The van der Waals surface area contributed by atoms with Crippen molar-refractivity contribution >= 4 is 33.6 Å². The third kappa shape index (κ3) is 2.61. The summed E-state index contributed by atoms with van der Waals surface area (Å²) in [6.07, 6.45) is 0. The molecule has 2 atom stereocenters. The molecule has 0 aromatic heterocycles. The van der Waals surface area contributed by atoms with Crippen LogP contribution in [-0.2, 0) is 4.79 Å². The number of alkyl halides is 1. The van der Waals surface area contributed by atoms with E-state index in [4.69, 9.17) is 0 Å². The predicted octanol–water partition coefficient (Wildman–Crippen LogP) is 2.78. The minimum absolute atomic E-state index is 0.0208. The Labute approximate surface area is 108 Å². The minimum Gasteiger partial charge on any atom is -0.354 e. The van der Waals surface area contributed by atoms with Crippen LogP contribution in [0.4, 0.5) is 0 Å². The van der Waals surface area contributed by atoms with Gasteiger partial charge in [0.15, 0.2) is 0 Å². The van der Waals surface area contributed by atoms with E-state index in [1.165, 1.54) is 10.5 Å². The highest BCUT2D eigenvalue weighted by atomic mass is 79.9. The first-order valence-corrected chi connectivity index (χ1v) is 7.22. The van der Waals surface area contributed by atoms with Gasteiger partial charge >= 0.3 is 0 Å². The van der Waals surface area contributed by atoms with Gasteiger partial charge < -0.3 is 5.32 Å². The summed E-state index contributed by atoms with van der Waals surface area (Å²) in [5.74, 6) is 1.03. The van der Waals surface area contributed by atoms with Crippen molar-refractivity contribution in [2.45, 2.75) is 22.6 Å². The van der Waals surface area contributed by atoms with Crippen molar-refractivity contribution in [1.29, 1.82) is 0 Å². The third-order valence-electron chi connectivity index (χ3n) is 2.57. The van der Waals surface area contributed by atoms with E-state index in [0.717, 1.165) is 5.75 Å². The van der Waals surface area contributed by atoms with E-state index >= 15 is 0 Å². The molecule has 2 unspecified atom stereocenters. The fraction of sp³-hybridized carbons (Fsp3) is 0.417. The van der Waals surface area contributed by atoms with Gasteiger partial charge in [-0.1, -0.05) is 41.1 Å². The SMILES string of the molecule is CC(Br)CNC(=O)C1CSc2ccccc21. The third-order valence-corrected chi connectivity index (χ3v) is 4.08. The fourth-order valence-electron chi connectivity index (χ4n) is 1.74. The number of amides is 1. The summed E-state index contributed by atoms with van der Waals surface area (Å²) < 4.78 is 0. The molecule has 1 amide bonds. The number of rotatable bonds is 3. The second kappa shape index (κ2) is 5.23. The molecule has 0 spiro atoms. The van der Waals surface area contributed by atoms with E-state index < -0.39 is 0 Å². The molecule has 0 aliphatic carbocycles. The average molecular weight is 300 g/mol. The van der Waals surface area contributed by atoms with Crippen LogP contribution in [0.1, 0.15) is 18.4 Å². The van der Waals surface area contributed by atoms with Crippen LogP contribution in [0, 0.1) is 0 Å². The van der Waals surface area contributed by atoms with Crippen LogP contribution >= 0.6 is 27.7 Å². The zero-order chi connectivity index (χ0) is 11.5. The maximum atomic E-state index is 12.0. The van der Waals surface area contributed by atoms with Crippen molar-refractivity contribution in [2.75, 3.05) is 12.3 Å². The summed E-state index contributed by atoms with van der Waals surface area (Å²) in [7, 11) is 0. The van der Waals surface area contributed by atoms with Gasteiger partial charge in [0.05, 0.1) is 5.92 Å². The van der Waals surface area contributed by atoms with Crippen LogP contribution in [0.25, 0.3) is 0 Å². The number of halogens is 1. The molecule has 1 heterocycles. The normalized spacial score (nSPS) is 20.2. The second-order valence-corrected chi connectivity index (χ2v) is 6.55. The van der Waals surface area contributed by atoms with Crippen molar-refractivity contribution in [3.63, 3.8) is 0 Å². The Hall–Kier alpha value is -0.480. The van der Waals surface area contributed by atoms with Gasteiger partial charge in [0.1, 0.15) is 0 Å². The van der Waals surface area contributed by atoms with Crippen LogP contribution in [-0.4, -0.2) is 23.0 Å². The Bertz CT molecular complexity index is 394. The van der Waals surface area contributed by atoms with Crippen molar-refractivity contribution < 1.29 is 4.79 Å². The largest absolute Gasteiger partial charge is 0.354 e. The van der Waals surface area contributed by atoms with Crippen molar-refractivity contribution in [2.24, 2.45) is 0 Å². The molecule has 4 heteroatoms. The maximum Gasteiger partial charge on any atom is 0.228 e. The molecule has 1 aliphatic rings. The number of carbonyl (C=O) groups excluding carboxylic acids is 1. The lowest BCUT2D eigenvalue weighted by Crippen LogP contribution is -2.33. The van der Waals surface area contributed by atoms with Crippen LogP contribution in [0.3, 0.4) is 0 Å². The lowest BCUT2D eigenvalue weighted by atomic mass is 10.0. The lowest BCUT2D eigenvalue weighted by Gasteiger charge is -2.12. The van der Waals surface area contributed by atoms with Crippen LogP contribution in [0.2, 0.25) is 0 Å². The predicted molar refractivity (Wildman–Crippen MR) is 71.3 cm³/mol. The molecule has 1 aromatic rings. The van der Waals surface area contributed by atoms with Gasteiger partial charge in [-0.05, 0) is 11.6 Å². The second-order valence-electron chi connectivity index (χ2n) is 3.93. The van der Waals surface area contributed by atoms with Crippen molar-refractivity contribution in [3.8, 4) is 0 Å². The molecule has 2 nitrogen and oxygen atoms in total. The monoisotopic (exact) mass is 299 g/mol. The van der Waals surface area contributed by atoms with E-state index in [2.05, 4.69) is 33.4 Å². The summed E-state index contributed by atoms with van der Waals surface area (Å²) in [5.41, 5.74) is 1.17. The van der Waals surface area contributed by atoms with E-state index in [0.29, 0.717) is 11.4 Å². The topological polar surface area (TPSA) is 29.1 Å². The number of carbonyl (C=O) groups is 1. The van der Waals surface area contributed by atoms with Gasteiger partial charge in [-0.2, -0.15) is 0 Å². The minimum atomic E-state index is 0.0208. The number of hydrogen-bond acceptors (Lipinski definition) is 2. The molecule has 0 radical (unpaired) electrons. The average Bonchev–Trinajstić information content (AvgIpc) is 2.69. The zero-order valence-electron chi connectivity index (χ0n) is 9.07. The van der Waals surface area contributed by atoms with Gasteiger partial charge in [-0.15, -0.1) is 11.8 Å². The fourth-order valence-corrected chi connectivity index (χ4v) is 3.13. The molecule has 0 saturated carbocycles. The van der Waals surface area contributed by atoms with Gasteiger partial charge in [-0.3, -0.25) is 4.79 Å². The zero-order valence-corrected chi connectivity index (χ0v) is 11.5. The van der Waals surface area contributed by atoms with Gasteiger partial charge in [0.2, 0.25) is 5.91 Å². The molecule has 1 aromatic carbocycles. The molecular weight excluding hydrogens is 286 g/mol. The van der Waals surface area contributed by atoms with E-state index in [1.807, 2.05) is 19.1 Å². The Morgan fingerprint density at radius 3 is 3.12 bits per heavy atom. The number of nitrogens with one attached hydrogen (secondary N) is 1. The number of benzene rings is 1. The first kappa shape index (κ1) is 12.0. The smallest absolute Gasteiger partial charge is 0.228 e. The first-order chi connectivity index (χ1) is 7.68. The molecule has 1 aliphatic heterocycles. The Kier molecular flexibility index (Phi) is 3.92. The van der Waals surface area contributed by atoms with Crippen LogP contribution in [0.5, 0.6) is 0 Å². The van der Waals surface area contributed by atoms with Gasteiger partial charge in [-0.25, -0.2) is 0 Å². The van der Waals surface area contributed by atoms with Gasteiger partial charge in [0.25, 0.3) is 0 Å². The van der Waals surface area contributed by atoms with E-state index in [1.54, 1.807) is 11.8 Å². The summed E-state index contributed by atoms with van der Waals surface area (Å²) in [6, 6.07) is 8.16. The maximum absolute atomic E-state index is 12.0. The standard InChI is InChI=1S/C12H14BrNOS/c1-8(13)6-14-12(15)10-7-16-11-5-3-2-4-9(10)11/h2-5,8,10H,6-7H2,1H3,(H,14,15). The summed E-state index contributed by atoms with van der Waals surface area (Å²) in [6.45, 7) is 2.71. The van der Waals surface area contributed by atoms with Crippen molar-refractivity contribution in [3.05, 3.63) is 29.8 Å². The molecule has 0 fully saturated rings. The molecule has 2 rings (SSSR count). The highest BCUT2D eigenvalue weighted by molar-refractivity contribution is 9.09. The number of hydrogen-bond donors (Lipinski definition) is 1. The number of thioether (sulfide) groups is 1. The quantitative estimate of drug-likeness (QED) is 0.870. The van der Waals surface area contributed by atoms with Crippen LogP contribution < -0.4 is 5.32 Å². The molecule has 0 bridgehead atoms. The Morgan fingerprint density at radius 1 is 1.62 bits per heavy atom. The highest BCUT2D eigenvalue weighted by Crippen LogP contribution is 2.39. The van der Waals surface area contributed by atoms with E-state index in [9.17, 15) is 4.79 Å². The van der Waals surface area contributed by atoms with E-state index in [-0.39, 0.29) is 11.8 Å². The van der Waals surface area contributed by atoms with Gasteiger partial charge in [0, 0.05) is 22.0 Å².